The average Bonchev–Trinajstić information content (AvgIpc) is 2.49. The molecule has 1 amide bonds. The Labute approximate surface area is 133 Å². The number of rotatable bonds is 2. The van der Waals surface area contributed by atoms with Gasteiger partial charge in [0.05, 0.1) is 21.8 Å². The first-order chi connectivity index (χ1) is 10.5. The molecule has 0 aliphatic carbocycles. The van der Waals surface area contributed by atoms with E-state index < -0.39 is 0 Å². The Hall–Kier alpha value is -2.39. The lowest BCUT2D eigenvalue weighted by molar-refractivity contribution is 0.102. The molecule has 0 atom stereocenters. The van der Waals surface area contributed by atoms with Gasteiger partial charge in [0.15, 0.2) is 0 Å². The van der Waals surface area contributed by atoms with Crippen LogP contribution in [-0.4, -0.2) is 10.9 Å². The number of carbonyl (C=O) groups excluding carboxylic acids is 1. The fraction of sp³-hybridized carbons (Fsp3) is 0.111. The summed E-state index contributed by atoms with van der Waals surface area (Å²) in [5, 5.41) is 4.23. The number of benzene rings is 2. The number of nitrogens with zero attached hydrogens (tertiary/aromatic N) is 1. The van der Waals surface area contributed by atoms with E-state index in [2.05, 4.69) is 10.3 Å². The fourth-order valence-electron chi connectivity index (χ4n) is 2.41. The first-order valence-corrected chi connectivity index (χ1v) is 7.36. The van der Waals surface area contributed by atoms with Crippen molar-refractivity contribution in [2.24, 2.45) is 0 Å². The van der Waals surface area contributed by atoms with Crippen LogP contribution in [0, 0.1) is 13.8 Å². The normalized spacial score (nSPS) is 10.7. The van der Waals surface area contributed by atoms with Gasteiger partial charge < -0.3 is 5.32 Å². The molecular formula is C18H15ClN2O. The van der Waals surface area contributed by atoms with Gasteiger partial charge in [-0.3, -0.25) is 9.78 Å². The summed E-state index contributed by atoms with van der Waals surface area (Å²) < 4.78 is 0. The molecule has 0 saturated carbocycles. The van der Waals surface area contributed by atoms with Crippen LogP contribution in [0.2, 0.25) is 5.02 Å². The molecule has 0 spiro atoms. The number of anilines is 1. The topological polar surface area (TPSA) is 42.0 Å². The van der Waals surface area contributed by atoms with Crippen LogP contribution in [-0.2, 0) is 0 Å². The van der Waals surface area contributed by atoms with Gasteiger partial charge in [0, 0.05) is 11.1 Å². The molecule has 22 heavy (non-hydrogen) atoms. The van der Waals surface area contributed by atoms with Gasteiger partial charge in [-0.05, 0) is 44.2 Å². The van der Waals surface area contributed by atoms with Gasteiger partial charge in [-0.25, -0.2) is 0 Å². The third-order valence-corrected chi connectivity index (χ3v) is 3.79. The smallest absolute Gasteiger partial charge is 0.256 e. The van der Waals surface area contributed by atoms with Gasteiger partial charge in [-0.15, -0.1) is 0 Å². The van der Waals surface area contributed by atoms with Gasteiger partial charge in [0.1, 0.15) is 0 Å². The number of fused-ring (bicyclic) bond motifs is 1. The molecule has 3 nitrogen and oxygen atoms in total. The van der Waals surface area contributed by atoms with E-state index in [9.17, 15) is 4.79 Å². The van der Waals surface area contributed by atoms with Crippen molar-refractivity contribution in [3.63, 3.8) is 0 Å². The molecule has 0 bridgehead atoms. The molecule has 3 rings (SSSR count). The summed E-state index contributed by atoms with van der Waals surface area (Å²) in [6, 6.07) is 14.9. The number of aromatic nitrogens is 1. The van der Waals surface area contributed by atoms with E-state index in [-0.39, 0.29) is 5.91 Å². The molecule has 2 aromatic carbocycles. The molecule has 1 aromatic heterocycles. The number of pyridine rings is 1. The molecule has 110 valence electrons. The van der Waals surface area contributed by atoms with Crippen LogP contribution in [0.5, 0.6) is 0 Å². The third-order valence-electron chi connectivity index (χ3n) is 3.46. The van der Waals surface area contributed by atoms with Gasteiger partial charge in [0.2, 0.25) is 0 Å². The Morgan fingerprint density at radius 2 is 1.86 bits per heavy atom. The summed E-state index contributed by atoms with van der Waals surface area (Å²) in [6.45, 7) is 3.88. The highest BCUT2D eigenvalue weighted by atomic mass is 35.5. The zero-order chi connectivity index (χ0) is 15.7. The Morgan fingerprint density at radius 3 is 2.64 bits per heavy atom. The van der Waals surface area contributed by atoms with E-state index in [4.69, 9.17) is 11.6 Å². The van der Waals surface area contributed by atoms with E-state index in [1.807, 2.05) is 44.2 Å². The zero-order valence-electron chi connectivity index (χ0n) is 12.4. The van der Waals surface area contributed by atoms with Crippen LogP contribution >= 0.6 is 11.6 Å². The number of para-hydroxylation sites is 1. The van der Waals surface area contributed by atoms with Gasteiger partial charge in [-0.2, -0.15) is 0 Å². The molecule has 1 heterocycles. The molecule has 1 N–H and O–H groups in total. The maximum absolute atomic E-state index is 12.6. The minimum Gasteiger partial charge on any atom is -0.321 e. The molecule has 0 unspecified atom stereocenters. The molecule has 3 aromatic rings. The first kappa shape index (κ1) is 14.5. The largest absolute Gasteiger partial charge is 0.321 e. The van der Waals surface area contributed by atoms with Crippen molar-refractivity contribution in [1.29, 1.82) is 0 Å². The van der Waals surface area contributed by atoms with Crippen molar-refractivity contribution in [2.75, 3.05) is 5.32 Å². The third kappa shape index (κ3) is 2.81. The molecule has 0 fully saturated rings. The fourth-order valence-corrected chi connectivity index (χ4v) is 2.60. The first-order valence-electron chi connectivity index (χ1n) is 6.98. The molecule has 0 saturated heterocycles. The summed E-state index contributed by atoms with van der Waals surface area (Å²) in [4.78, 5) is 17.1. The number of amides is 1. The number of aryl methyl sites for hydroxylation is 2. The lowest BCUT2D eigenvalue weighted by atomic mass is 10.0. The Kier molecular flexibility index (Phi) is 3.82. The summed E-state index contributed by atoms with van der Waals surface area (Å²) in [5.41, 5.74) is 3.91. The highest BCUT2D eigenvalue weighted by Gasteiger charge is 2.13. The molecule has 0 radical (unpaired) electrons. The quantitative estimate of drug-likeness (QED) is 0.741. The monoisotopic (exact) mass is 310 g/mol. The zero-order valence-corrected chi connectivity index (χ0v) is 13.1. The SMILES string of the molecule is Cc1ccc2nc(C)cc(C(=O)Nc3ccccc3Cl)c2c1. The van der Waals surface area contributed by atoms with Crippen molar-refractivity contribution in [2.45, 2.75) is 13.8 Å². The van der Waals surface area contributed by atoms with Gasteiger partial charge >= 0.3 is 0 Å². The van der Waals surface area contributed by atoms with E-state index in [1.54, 1.807) is 18.2 Å². The molecule has 0 aliphatic rings. The van der Waals surface area contributed by atoms with E-state index >= 15 is 0 Å². The highest BCUT2D eigenvalue weighted by Crippen LogP contribution is 2.24. The number of halogens is 1. The van der Waals surface area contributed by atoms with Crippen molar-refractivity contribution < 1.29 is 4.79 Å². The second-order valence-electron chi connectivity index (χ2n) is 5.27. The van der Waals surface area contributed by atoms with Crippen molar-refractivity contribution in [3.8, 4) is 0 Å². The minimum atomic E-state index is -0.186. The second kappa shape index (κ2) is 5.78. The Balaban J connectivity index is 2.07. The van der Waals surface area contributed by atoms with Crippen LogP contribution in [0.15, 0.2) is 48.5 Å². The van der Waals surface area contributed by atoms with Crippen LogP contribution in [0.4, 0.5) is 5.69 Å². The summed E-state index contributed by atoms with van der Waals surface area (Å²) in [5.74, 6) is -0.186. The Bertz CT molecular complexity index is 874. The lowest BCUT2D eigenvalue weighted by Gasteiger charge is -2.10. The van der Waals surface area contributed by atoms with Crippen LogP contribution in [0.25, 0.3) is 10.9 Å². The summed E-state index contributed by atoms with van der Waals surface area (Å²) >= 11 is 6.10. The van der Waals surface area contributed by atoms with Gasteiger partial charge in [-0.1, -0.05) is 35.4 Å². The van der Waals surface area contributed by atoms with Crippen molar-refractivity contribution >= 4 is 34.1 Å². The maximum Gasteiger partial charge on any atom is 0.256 e. The van der Waals surface area contributed by atoms with E-state index in [0.717, 1.165) is 22.2 Å². The Morgan fingerprint density at radius 1 is 1.09 bits per heavy atom. The predicted molar refractivity (Wildman–Crippen MR) is 90.6 cm³/mol. The lowest BCUT2D eigenvalue weighted by Crippen LogP contribution is -2.13. The molecule has 4 heteroatoms. The number of hydrogen-bond acceptors (Lipinski definition) is 2. The number of carbonyl (C=O) groups is 1. The van der Waals surface area contributed by atoms with Crippen LogP contribution in [0.1, 0.15) is 21.6 Å². The number of hydrogen-bond donors (Lipinski definition) is 1. The van der Waals surface area contributed by atoms with Crippen molar-refractivity contribution in [1.82, 2.24) is 4.98 Å². The second-order valence-corrected chi connectivity index (χ2v) is 5.67. The van der Waals surface area contributed by atoms with E-state index in [1.165, 1.54) is 0 Å². The summed E-state index contributed by atoms with van der Waals surface area (Å²) in [7, 11) is 0. The minimum absolute atomic E-state index is 0.186. The highest BCUT2D eigenvalue weighted by molar-refractivity contribution is 6.34. The van der Waals surface area contributed by atoms with E-state index in [0.29, 0.717) is 16.3 Å². The standard InChI is InChI=1S/C18H15ClN2O/c1-11-7-8-16-13(9-11)14(10-12(2)20-16)18(22)21-17-6-4-3-5-15(17)19/h3-10H,1-2H3,(H,21,22). The average molecular weight is 311 g/mol. The van der Waals surface area contributed by atoms with Crippen molar-refractivity contribution in [3.05, 3.63) is 70.4 Å². The molecular weight excluding hydrogens is 296 g/mol. The predicted octanol–water partition coefficient (Wildman–Crippen LogP) is 4.76. The van der Waals surface area contributed by atoms with Crippen LogP contribution < -0.4 is 5.32 Å². The maximum atomic E-state index is 12.6. The summed E-state index contributed by atoms with van der Waals surface area (Å²) in [6.07, 6.45) is 0. The molecule has 0 aliphatic heterocycles. The van der Waals surface area contributed by atoms with Gasteiger partial charge in [0.25, 0.3) is 5.91 Å². The number of nitrogens with one attached hydrogen (secondary N) is 1. The van der Waals surface area contributed by atoms with Crippen LogP contribution in [0.3, 0.4) is 0 Å².